The number of amides is 1. The van der Waals surface area contributed by atoms with Gasteiger partial charge in [0.15, 0.2) is 0 Å². The Bertz CT molecular complexity index is 1070. The zero-order chi connectivity index (χ0) is 19.8. The second kappa shape index (κ2) is 7.35. The summed E-state index contributed by atoms with van der Waals surface area (Å²) in [6, 6.07) is 9.54. The number of para-hydroxylation sites is 1. The average molecular weight is 398 g/mol. The molecule has 8 heteroatoms. The number of benzene rings is 1. The van der Waals surface area contributed by atoms with Gasteiger partial charge in [-0.1, -0.05) is 18.2 Å². The lowest BCUT2D eigenvalue weighted by atomic mass is 9.96. The van der Waals surface area contributed by atoms with Gasteiger partial charge in [-0.05, 0) is 38.8 Å². The number of hydrogen-bond acceptors (Lipinski definition) is 5. The molecule has 2 aromatic heterocycles. The normalized spacial score (nSPS) is 17.1. The summed E-state index contributed by atoms with van der Waals surface area (Å²) in [6.45, 7) is 5.07. The van der Waals surface area contributed by atoms with Crippen molar-refractivity contribution in [2.45, 2.75) is 32.6 Å². The van der Waals surface area contributed by atoms with Crippen molar-refractivity contribution in [1.82, 2.24) is 24.2 Å². The smallest absolute Gasteiger partial charge is 0.337 e. The molecule has 146 valence electrons. The standard InChI is InChI=1S/C20H23N5O2S/c1-13-17(28-14(2)21-13)19(26)24-11-7-8-15(12-24)18-22-23(3)20(27)25(18)16-9-5-4-6-10-16/h4-6,9-10,15H,7-8,11-12H2,1-3H3. The first kappa shape index (κ1) is 18.6. The van der Waals surface area contributed by atoms with Crippen LogP contribution >= 0.6 is 11.3 Å². The van der Waals surface area contributed by atoms with Crippen LogP contribution < -0.4 is 5.69 Å². The van der Waals surface area contributed by atoms with E-state index in [4.69, 9.17) is 0 Å². The minimum absolute atomic E-state index is 0.0149. The average Bonchev–Trinajstić information content (AvgIpc) is 3.20. The molecule has 1 aliphatic rings. The quantitative estimate of drug-likeness (QED) is 0.681. The number of likely N-dealkylation sites (tertiary alicyclic amines) is 1. The Kier molecular flexibility index (Phi) is 4.89. The summed E-state index contributed by atoms with van der Waals surface area (Å²) in [6.07, 6.45) is 1.78. The third kappa shape index (κ3) is 3.28. The molecule has 1 saturated heterocycles. The van der Waals surface area contributed by atoms with Crippen LogP contribution in [-0.4, -0.2) is 43.2 Å². The maximum Gasteiger partial charge on any atom is 0.350 e. The van der Waals surface area contributed by atoms with Crippen molar-refractivity contribution in [3.63, 3.8) is 0 Å². The number of rotatable bonds is 3. The number of hydrogen-bond donors (Lipinski definition) is 0. The van der Waals surface area contributed by atoms with Crippen molar-refractivity contribution in [2.24, 2.45) is 7.05 Å². The van der Waals surface area contributed by atoms with Gasteiger partial charge in [0, 0.05) is 26.1 Å². The van der Waals surface area contributed by atoms with Gasteiger partial charge in [-0.2, -0.15) is 5.10 Å². The van der Waals surface area contributed by atoms with Crippen molar-refractivity contribution in [3.8, 4) is 5.69 Å². The lowest BCUT2D eigenvalue weighted by Crippen LogP contribution is -2.40. The minimum Gasteiger partial charge on any atom is -0.337 e. The predicted octanol–water partition coefficient (Wildman–Crippen LogP) is 2.66. The van der Waals surface area contributed by atoms with E-state index < -0.39 is 0 Å². The molecule has 0 N–H and O–H groups in total. The molecule has 0 spiro atoms. The summed E-state index contributed by atoms with van der Waals surface area (Å²) in [4.78, 5) is 32.7. The summed E-state index contributed by atoms with van der Waals surface area (Å²) in [7, 11) is 1.67. The Balaban J connectivity index is 1.66. The van der Waals surface area contributed by atoms with E-state index in [0.717, 1.165) is 29.2 Å². The first-order chi connectivity index (χ1) is 13.5. The molecule has 0 bridgehead atoms. The highest BCUT2D eigenvalue weighted by Crippen LogP contribution is 2.29. The molecule has 28 heavy (non-hydrogen) atoms. The number of thiazole rings is 1. The van der Waals surface area contributed by atoms with Crippen molar-refractivity contribution in [3.05, 3.63) is 62.2 Å². The van der Waals surface area contributed by atoms with Crippen LogP contribution in [0, 0.1) is 13.8 Å². The zero-order valence-electron chi connectivity index (χ0n) is 16.3. The number of carbonyl (C=O) groups is 1. The summed E-state index contributed by atoms with van der Waals surface area (Å²) >= 11 is 1.44. The third-order valence-corrected chi connectivity index (χ3v) is 6.20. The summed E-state index contributed by atoms with van der Waals surface area (Å²) in [5, 5.41) is 5.42. The molecule has 0 saturated carbocycles. The van der Waals surface area contributed by atoms with E-state index >= 15 is 0 Å². The van der Waals surface area contributed by atoms with Gasteiger partial charge in [0.25, 0.3) is 5.91 Å². The lowest BCUT2D eigenvalue weighted by molar-refractivity contribution is 0.0708. The number of aromatic nitrogens is 4. The molecule has 3 aromatic rings. The van der Waals surface area contributed by atoms with Gasteiger partial charge in [0.2, 0.25) is 0 Å². The third-order valence-electron chi connectivity index (χ3n) is 5.14. The molecule has 7 nitrogen and oxygen atoms in total. The SMILES string of the molecule is Cc1nc(C)c(C(=O)N2CCCC(c3nn(C)c(=O)n3-c3ccccc3)C2)s1. The monoisotopic (exact) mass is 397 g/mol. The van der Waals surface area contributed by atoms with Crippen molar-refractivity contribution in [1.29, 1.82) is 0 Å². The van der Waals surface area contributed by atoms with Crippen LogP contribution in [0.4, 0.5) is 0 Å². The number of aryl methyl sites for hydroxylation is 3. The van der Waals surface area contributed by atoms with E-state index in [1.54, 1.807) is 11.6 Å². The molecule has 0 aliphatic carbocycles. The Labute approximate surface area is 167 Å². The Morgan fingerprint density at radius 1 is 1.21 bits per heavy atom. The van der Waals surface area contributed by atoms with E-state index in [1.165, 1.54) is 16.0 Å². The molecule has 4 rings (SSSR count). The highest BCUT2D eigenvalue weighted by atomic mass is 32.1. The van der Waals surface area contributed by atoms with Gasteiger partial charge in [0.05, 0.1) is 16.4 Å². The van der Waals surface area contributed by atoms with Gasteiger partial charge < -0.3 is 4.90 Å². The Hall–Kier alpha value is -2.74. The minimum atomic E-state index is -0.168. The summed E-state index contributed by atoms with van der Waals surface area (Å²) in [5.41, 5.74) is 1.42. The topological polar surface area (TPSA) is 73.0 Å². The fourth-order valence-corrected chi connectivity index (χ4v) is 4.70. The lowest BCUT2D eigenvalue weighted by Gasteiger charge is -2.32. The fraction of sp³-hybridized carbons (Fsp3) is 0.400. The maximum absolute atomic E-state index is 13.0. The highest BCUT2D eigenvalue weighted by molar-refractivity contribution is 7.13. The van der Waals surface area contributed by atoms with Crippen LogP contribution in [-0.2, 0) is 7.05 Å². The van der Waals surface area contributed by atoms with E-state index in [-0.39, 0.29) is 17.5 Å². The first-order valence-corrected chi connectivity index (χ1v) is 10.2. The van der Waals surface area contributed by atoms with Crippen molar-refractivity contribution >= 4 is 17.2 Å². The zero-order valence-corrected chi connectivity index (χ0v) is 17.1. The van der Waals surface area contributed by atoms with Gasteiger partial charge >= 0.3 is 5.69 Å². The van der Waals surface area contributed by atoms with Gasteiger partial charge in [0.1, 0.15) is 10.7 Å². The molecule has 3 heterocycles. The molecule has 0 radical (unpaired) electrons. The molecule has 1 fully saturated rings. The second-order valence-electron chi connectivity index (χ2n) is 7.17. The van der Waals surface area contributed by atoms with Gasteiger partial charge in [-0.25, -0.2) is 19.0 Å². The molecule has 1 unspecified atom stereocenters. The molecule has 1 aliphatic heterocycles. The molecular formula is C20H23N5O2S. The predicted molar refractivity (Wildman–Crippen MR) is 108 cm³/mol. The van der Waals surface area contributed by atoms with Crippen molar-refractivity contribution < 1.29 is 4.79 Å². The highest BCUT2D eigenvalue weighted by Gasteiger charge is 2.31. The maximum atomic E-state index is 13.0. The fourth-order valence-electron chi connectivity index (χ4n) is 3.81. The van der Waals surface area contributed by atoms with Crippen LogP contribution in [0.15, 0.2) is 35.1 Å². The van der Waals surface area contributed by atoms with E-state index in [9.17, 15) is 9.59 Å². The number of piperidine rings is 1. The molecule has 1 atom stereocenters. The molecule has 1 amide bonds. The first-order valence-electron chi connectivity index (χ1n) is 9.40. The van der Waals surface area contributed by atoms with Crippen LogP contribution in [0.1, 0.15) is 45.0 Å². The van der Waals surface area contributed by atoms with Crippen LogP contribution in [0.5, 0.6) is 0 Å². The molecule has 1 aromatic carbocycles. The number of nitrogens with zero attached hydrogens (tertiary/aromatic N) is 5. The van der Waals surface area contributed by atoms with Crippen LogP contribution in [0.2, 0.25) is 0 Å². The number of carbonyl (C=O) groups excluding carboxylic acids is 1. The largest absolute Gasteiger partial charge is 0.350 e. The molecular weight excluding hydrogens is 374 g/mol. The van der Waals surface area contributed by atoms with E-state index in [2.05, 4.69) is 10.1 Å². The van der Waals surface area contributed by atoms with Crippen LogP contribution in [0.3, 0.4) is 0 Å². The van der Waals surface area contributed by atoms with E-state index in [1.807, 2.05) is 49.1 Å². The van der Waals surface area contributed by atoms with Crippen LogP contribution in [0.25, 0.3) is 5.69 Å². The van der Waals surface area contributed by atoms with Crippen molar-refractivity contribution in [2.75, 3.05) is 13.1 Å². The van der Waals surface area contributed by atoms with Gasteiger partial charge in [-0.3, -0.25) is 4.79 Å². The second-order valence-corrected chi connectivity index (χ2v) is 8.38. The summed E-state index contributed by atoms with van der Waals surface area (Å²) in [5.74, 6) is 0.756. The Morgan fingerprint density at radius 2 is 1.96 bits per heavy atom. The van der Waals surface area contributed by atoms with E-state index in [0.29, 0.717) is 23.8 Å². The Morgan fingerprint density at radius 3 is 2.64 bits per heavy atom. The summed E-state index contributed by atoms with van der Waals surface area (Å²) < 4.78 is 3.04. The van der Waals surface area contributed by atoms with Gasteiger partial charge in [-0.15, -0.1) is 11.3 Å².